The molecule has 2 fully saturated rings. The molecule has 26 heavy (non-hydrogen) atoms. The molecule has 3 amide bonds. The number of nitrogens with one attached hydrogen (secondary N) is 2. The number of nitrogens with zero attached hydrogens (tertiary/aromatic N) is 1. The number of hydrogen-bond donors (Lipinski definition) is 2. The molecule has 5 nitrogen and oxygen atoms in total. The van der Waals surface area contributed by atoms with E-state index in [2.05, 4.69) is 28.1 Å². The second-order valence-corrected chi connectivity index (χ2v) is 8.89. The Morgan fingerprint density at radius 1 is 1.15 bits per heavy atom. The topological polar surface area (TPSA) is 61.4 Å². The highest BCUT2D eigenvalue weighted by molar-refractivity contribution is 7.10. The van der Waals surface area contributed by atoms with Crippen LogP contribution in [-0.4, -0.2) is 36.0 Å². The van der Waals surface area contributed by atoms with E-state index >= 15 is 0 Å². The summed E-state index contributed by atoms with van der Waals surface area (Å²) in [5, 5.41) is 8.46. The van der Waals surface area contributed by atoms with Crippen molar-refractivity contribution in [2.24, 2.45) is 11.8 Å². The highest BCUT2D eigenvalue weighted by Gasteiger charge is 2.30. The molecule has 1 saturated carbocycles. The Labute approximate surface area is 160 Å². The van der Waals surface area contributed by atoms with Crippen molar-refractivity contribution in [1.29, 1.82) is 0 Å². The van der Waals surface area contributed by atoms with Crippen molar-refractivity contribution < 1.29 is 9.59 Å². The fourth-order valence-corrected chi connectivity index (χ4v) is 5.03. The predicted octanol–water partition coefficient (Wildman–Crippen LogP) is 3.93. The maximum atomic E-state index is 12.6. The van der Waals surface area contributed by atoms with Crippen LogP contribution in [0.25, 0.3) is 0 Å². The number of amides is 3. The summed E-state index contributed by atoms with van der Waals surface area (Å²) < 4.78 is 0. The summed E-state index contributed by atoms with van der Waals surface area (Å²) in [7, 11) is 0. The molecular formula is C20H31N3O2S. The van der Waals surface area contributed by atoms with Gasteiger partial charge in [0.2, 0.25) is 5.91 Å². The minimum atomic E-state index is -0.0658. The van der Waals surface area contributed by atoms with E-state index in [0.717, 1.165) is 25.9 Å². The van der Waals surface area contributed by atoms with Gasteiger partial charge in [0.15, 0.2) is 0 Å². The van der Waals surface area contributed by atoms with Crippen LogP contribution in [0, 0.1) is 11.8 Å². The van der Waals surface area contributed by atoms with Crippen molar-refractivity contribution >= 4 is 23.3 Å². The highest BCUT2D eigenvalue weighted by Crippen LogP contribution is 2.37. The Morgan fingerprint density at radius 2 is 1.85 bits per heavy atom. The van der Waals surface area contributed by atoms with Crippen molar-refractivity contribution in [2.75, 3.05) is 13.1 Å². The van der Waals surface area contributed by atoms with Crippen LogP contribution in [0.2, 0.25) is 0 Å². The van der Waals surface area contributed by atoms with Gasteiger partial charge in [0, 0.05) is 29.9 Å². The van der Waals surface area contributed by atoms with Gasteiger partial charge in [-0.1, -0.05) is 32.8 Å². The molecule has 0 aromatic carbocycles. The summed E-state index contributed by atoms with van der Waals surface area (Å²) in [6.45, 7) is 5.35. The summed E-state index contributed by atoms with van der Waals surface area (Å²) in [5.74, 6) is 0.803. The van der Waals surface area contributed by atoms with E-state index in [1.54, 1.807) is 11.3 Å². The summed E-state index contributed by atoms with van der Waals surface area (Å²) in [4.78, 5) is 27.9. The molecule has 0 spiro atoms. The lowest BCUT2D eigenvalue weighted by molar-refractivity contribution is -0.135. The maximum absolute atomic E-state index is 12.6. The second kappa shape index (κ2) is 8.89. The molecule has 1 aromatic heterocycles. The third-order valence-electron chi connectivity index (χ3n) is 5.64. The van der Waals surface area contributed by atoms with E-state index in [4.69, 9.17) is 0 Å². The molecule has 0 bridgehead atoms. The van der Waals surface area contributed by atoms with Crippen LogP contribution in [-0.2, 0) is 4.79 Å². The average Bonchev–Trinajstić information content (AvgIpc) is 3.33. The molecule has 1 aromatic rings. The molecule has 1 saturated heterocycles. The molecule has 1 aliphatic carbocycles. The van der Waals surface area contributed by atoms with Gasteiger partial charge in [-0.15, -0.1) is 11.3 Å². The molecule has 6 heteroatoms. The second-order valence-electron chi connectivity index (χ2n) is 7.91. The first-order valence-electron chi connectivity index (χ1n) is 9.94. The van der Waals surface area contributed by atoms with Crippen molar-refractivity contribution in [2.45, 2.75) is 64.5 Å². The number of hydrogen-bond acceptors (Lipinski definition) is 3. The number of thiophene rings is 1. The van der Waals surface area contributed by atoms with Gasteiger partial charge >= 0.3 is 6.03 Å². The van der Waals surface area contributed by atoms with Crippen LogP contribution in [0.1, 0.15) is 63.3 Å². The van der Waals surface area contributed by atoms with E-state index in [1.165, 1.54) is 30.6 Å². The number of carbonyl (C=O) groups is 2. The van der Waals surface area contributed by atoms with E-state index in [1.807, 2.05) is 18.7 Å². The quantitative estimate of drug-likeness (QED) is 0.817. The fraction of sp³-hybridized carbons (Fsp3) is 0.700. The highest BCUT2D eigenvalue weighted by atomic mass is 32.1. The minimum absolute atomic E-state index is 0.0424. The van der Waals surface area contributed by atoms with Crippen molar-refractivity contribution in [3.63, 3.8) is 0 Å². The zero-order valence-corrected chi connectivity index (χ0v) is 16.7. The zero-order chi connectivity index (χ0) is 18.5. The first-order valence-corrected chi connectivity index (χ1v) is 10.8. The van der Waals surface area contributed by atoms with E-state index < -0.39 is 0 Å². The van der Waals surface area contributed by atoms with Gasteiger partial charge in [-0.3, -0.25) is 4.79 Å². The molecule has 2 aliphatic rings. The molecule has 1 unspecified atom stereocenters. The first kappa shape index (κ1) is 19.2. The largest absolute Gasteiger partial charge is 0.342 e. The normalized spacial score (nSPS) is 20.3. The van der Waals surface area contributed by atoms with Crippen molar-refractivity contribution in [3.8, 4) is 0 Å². The van der Waals surface area contributed by atoms with Gasteiger partial charge in [0.05, 0.1) is 6.04 Å². The predicted molar refractivity (Wildman–Crippen MR) is 105 cm³/mol. The third-order valence-corrected chi connectivity index (χ3v) is 6.60. The number of piperidine rings is 1. The molecule has 0 radical (unpaired) electrons. The average molecular weight is 378 g/mol. The van der Waals surface area contributed by atoms with Gasteiger partial charge in [-0.25, -0.2) is 4.79 Å². The monoisotopic (exact) mass is 377 g/mol. The molecule has 144 valence electrons. The van der Waals surface area contributed by atoms with Gasteiger partial charge in [-0.05, 0) is 43.0 Å². The molecule has 3 rings (SSSR count). The Bertz CT molecular complexity index is 588. The smallest absolute Gasteiger partial charge is 0.315 e. The van der Waals surface area contributed by atoms with Crippen LogP contribution in [0.15, 0.2) is 17.5 Å². The summed E-state index contributed by atoms with van der Waals surface area (Å²) in [6, 6.07) is 4.40. The van der Waals surface area contributed by atoms with E-state index in [9.17, 15) is 9.59 Å². The van der Waals surface area contributed by atoms with Crippen LogP contribution in [0.4, 0.5) is 4.79 Å². The molecule has 1 atom stereocenters. The SMILES string of the molecule is CC(C)C(=O)N1CCC(NC(=O)NC(c2cccs2)C2CCCC2)CC1. The Balaban J connectivity index is 1.51. The van der Waals surface area contributed by atoms with Gasteiger partial charge in [0.25, 0.3) is 0 Å². The summed E-state index contributed by atoms with van der Waals surface area (Å²) in [6.07, 6.45) is 6.57. The van der Waals surface area contributed by atoms with Gasteiger partial charge in [-0.2, -0.15) is 0 Å². The van der Waals surface area contributed by atoms with E-state index in [0.29, 0.717) is 5.92 Å². The third kappa shape index (κ3) is 4.78. The molecule has 1 aliphatic heterocycles. The van der Waals surface area contributed by atoms with Gasteiger partial charge < -0.3 is 15.5 Å². The lowest BCUT2D eigenvalue weighted by Crippen LogP contribution is -2.50. The van der Waals surface area contributed by atoms with Crippen LogP contribution < -0.4 is 10.6 Å². The fourth-order valence-electron chi connectivity index (χ4n) is 4.16. The summed E-state index contributed by atoms with van der Waals surface area (Å²) >= 11 is 1.73. The molecule has 2 heterocycles. The lowest BCUT2D eigenvalue weighted by Gasteiger charge is -2.34. The zero-order valence-electron chi connectivity index (χ0n) is 15.9. The standard InChI is InChI=1S/C20H31N3O2S/c1-14(2)19(24)23-11-9-16(10-12-23)21-20(25)22-18(15-6-3-4-7-15)17-8-5-13-26-17/h5,8,13-16,18H,3-4,6-7,9-12H2,1-2H3,(H2,21,22,25). The van der Waals surface area contributed by atoms with Crippen LogP contribution in [0.3, 0.4) is 0 Å². The lowest BCUT2D eigenvalue weighted by atomic mass is 9.97. The van der Waals surface area contributed by atoms with Crippen LogP contribution >= 0.6 is 11.3 Å². The number of urea groups is 1. The maximum Gasteiger partial charge on any atom is 0.315 e. The minimum Gasteiger partial charge on any atom is -0.342 e. The Morgan fingerprint density at radius 3 is 2.42 bits per heavy atom. The Kier molecular flexibility index (Phi) is 6.57. The van der Waals surface area contributed by atoms with E-state index in [-0.39, 0.29) is 29.9 Å². The van der Waals surface area contributed by atoms with Gasteiger partial charge in [0.1, 0.15) is 0 Å². The first-order chi connectivity index (χ1) is 12.5. The molecule has 2 N–H and O–H groups in total. The van der Waals surface area contributed by atoms with Crippen molar-refractivity contribution in [3.05, 3.63) is 22.4 Å². The number of likely N-dealkylation sites (tertiary alicyclic amines) is 1. The number of carbonyl (C=O) groups excluding carboxylic acids is 2. The van der Waals surface area contributed by atoms with Crippen molar-refractivity contribution in [1.82, 2.24) is 15.5 Å². The van der Waals surface area contributed by atoms with Crippen LogP contribution in [0.5, 0.6) is 0 Å². The molecular weight excluding hydrogens is 346 g/mol. The summed E-state index contributed by atoms with van der Waals surface area (Å²) in [5.41, 5.74) is 0. The number of rotatable bonds is 5. The Hall–Kier alpha value is -1.56.